The SMILES string of the molecule is c1ccc(CN2CCCC[C@H]2[C@H]2COC(c3ccccc3)(c3ccccc3)O2)cc1. The first-order valence-electron chi connectivity index (χ1n) is 11.1. The van der Waals surface area contributed by atoms with Crippen molar-refractivity contribution in [2.45, 2.75) is 43.7 Å². The molecule has 3 nitrogen and oxygen atoms in total. The molecule has 0 amide bonds. The maximum atomic E-state index is 6.86. The van der Waals surface area contributed by atoms with Gasteiger partial charge in [0.05, 0.1) is 6.61 Å². The summed E-state index contributed by atoms with van der Waals surface area (Å²) < 4.78 is 13.4. The molecule has 3 aromatic rings. The normalized spacial score (nSPS) is 24.0. The van der Waals surface area contributed by atoms with E-state index in [0.29, 0.717) is 12.6 Å². The molecule has 0 saturated carbocycles. The molecule has 2 saturated heterocycles. The van der Waals surface area contributed by atoms with Gasteiger partial charge >= 0.3 is 0 Å². The maximum absolute atomic E-state index is 6.86. The van der Waals surface area contributed by atoms with Crippen molar-refractivity contribution in [3.8, 4) is 0 Å². The molecule has 0 aliphatic carbocycles. The largest absolute Gasteiger partial charge is 0.339 e. The van der Waals surface area contributed by atoms with Gasteiger partial charge in [-0.3, -0.25) is 4.90 Å². The molecule has 0 spiro atoms. The summed E-state index contributed by atoms with van der Waals surface area (Å²) in [6, 6.07) is 31.9. The smallest absolute Gasteiger partial charge is 0.222 e. The van der Waals surface area contributed by atoms with E-state index in [2.05, 4.69) is 83.8 Å². The van der Waals surface area contributed by atoms with Crippen LogP contribution in [0.4, 0.5) is 0 Å². The standard InChI is InChI=1S/C27H29NO2/c1-4-12-22(13-5-1)20-28-19-11-10-18-25(28)26-21-29-27(30-26,23-14-6-2-7-15-23)24-16-8-3-9-17-24/h1-9,12-17,25-26H,10-11,18-21H2/t25-,26+/m0/s1. The number of benzene rings is 3. The Labute approximate surface area is 179 Å². The van der Waals surface area contributed by atoms with Gasteiger partial charge in [-0.1, -0.05) is 97.4 Å². The van der Waals surface area contributed by atoms with Gasteiger partial charge in [-0.2, -0.15) is 0 Å². The topological polar surface area (TPSA) is 21.7 Å². The number of rotatable bonds is 5. The zero-order chi connectivity index (χ0) is 20.2. The van der Waals surface area contributed by atoms with Crippen LogP contribution in [0.15, 0.2) is 91.0 Å². The highest BCUT2D eigenvalue weighted by Gasteiger charge is 2.48. The first-order valence-corrected chi connectivity index (χ1v) is 11.1. The molecule has 0 aromatic heterocycles. The van der Waals surface area contributed by atoms with Crippen LogP contribution >= 0.6 is 0 Å². The molecule has 30 heavy (non-hydrogen) atoms. The summed E-state index contributed by atoms with van der Waals surface area (Å²) in [7, 11) is 0. The van der Waals surface area contributed by atoms with Gasteiger partial charge in [0, 0.05) is 23.7 Å². The van der Waals surface area contributed by atoms with Crippen molar-refractivity contribution in [3.05, 3.63) is 108 Å². The molecular weight excluding hydrogens is 370 g/mol. The van der Waals surface area contributed by atoms with Crippen LogP contribution in [0.5, 0.6) is 0 Å². The second kappa shape index (κ2) is 8.73. The Morgan fingerprint density at radius 1 is 0.767 bits per heavy atom. The predicted octanol–water partition coefficient (Wildman–Crippen LogP) is 5.36. The molecule has 3 heteroatoms. The van der Waals surface area contributed by atoms with E-state index >= 15 is 0 Å². The lowest BCUT2D eigenvalue weighted by Gasteiger charge is -2.39. The number of piperidine rings is 1. The van der Waals surface area contributed by atoms with Crippen LogP contribution in [-0.4, -0.2) is 30.2 Å². The summed E-state index contributed by atoms with van der Waals surface area (Å²) >= 11 is 0. The molecule has 3 aromatic carbocycles. The number of hydrogen-bond donors (Lipinski definition) is 0. The minimum absolute atomic E-state index is 0.0504. The second-order valence-corrected chi connectivity index (χ2v) is 8.34. The Morgan fingerprint density at radius 2 is 1.37 bits per heavy atom. The Morgan fingerprint density at radius 3 is 2.00 bits per heavy atom. The third kappa shape index (κ3) is 3.81. The van der Waals surface area contributed by atoms with Gasteiger partial charge in [0.15, 0.2) is 0 Å². The summed E-state index contributed by atoms with van der Waals surface area (Å²) in [6.45, 7) is 2.69. The van der Waals surface area contributed by atoms with Crippen LogP contribution in [0.25, 0.3) is 0 Å². The van der Waals surface area contributed by atoms with Crippen molar-refractivity contribution >= 4 is 0 Å². The summed E-state index contributed by atoms with van der Waals surface area (Å²) in [6.07, 6.45) is 3.70. The van der Waals surface area contributed by atoms with Crippen molar-refractivity contribution in [1.29, 1.82) is 0 Å². The van der Waals surface area contributed by atoms with E-state index in [1.165, 1.54) is 18.4 Å². The lowest BCUT2D eigenvalue weighted by Crippen LogP contribution is -2.47. The average Bonchev–Trinajstić information content (AvgIpc) is 3.28. The highest BCUT2D eigenvalue weighted by atomic mass is 16.7. The first-order chi connectivity index (χ1) is 14.9. The molecule has 0 N–H and O–H groups in total. The van der Waals surface area contributed by atoms with Gasteiger partial charge in [0.25, 0.3) is 0 Å². The highest BCUT2D eigenvalue weighted by molar-refractivity contribution is 5.34. The van der Waals surface area contributed by atoms with Gasteiger partial charge in [-0.05, 0) is 24.9 Å². The molecule has 154 valence electrons. The summed E-state index contributed by atoms with van der Waals surface area (Å²) in [5, 5.41) is 0. The quantitative estimate of drug-likeness (QED) is 0.577. The monoisotopic (exact) mass is 399 g/mol. The minimum atomic E-state index is -0.830. The average molecular weight is 400 g/mol. The van der Waals surface area contributed by atoms with E-state index in [0.717, 1.165) is 30.6 Å². The van der Waals surface area contributed by atoms with E-state index in [1.54, 1.807) is 0 Å². The van der Waals surface area contributed by atoms with Crippen LogP contribution in [0.3, 0.4) is 0 Å². The summed E-state index contributed by atoms with van der Waals surface area (Å²) in [5.74, 6) is -0.830. The summed E-state index contributed by atoms with van der Waals surface area (Å²) in [4.78, 5) is 2.60. The molecular formula is C27H29NO2. The molecule has 2 heterocycles. The van der Waals surface area contributed by atoms with Crippen molar-refractivity contribution in [1.82, 2.24) is 4.90 Å². The van der Waals surface area contributed by atoms with Crippen molar-refractivity contribution in [2.24, 2.45) is 0 Å². The summed E-state index contributed by atoms with van der Waals surface area (Å²) in [5.41, 5.74) is 3.48. The van der Waals surface area contributed by atoms with Gasteiger partial charge < -0.3 is 9.47 Å². The van der Waals surface area contributed by atoms with Crippen LogP contribution in [-0.2, 0) is 21.8 Å². The van der Waals surface area contributed by atoms with Crippen LogP contribution < -0.4 is 0 Å². The number of ether oxygens (including phenoxy) is 2. The number of nitrogens with zero attached hydrogens (tertiary/aromatic N) is 1. The molecule has 2 fully saturated rings. The van der Waals surface area contributed by atoms with Gasteiger partial charge in [-0.25, -0.2) is 0 Å². The lowest BCUT2D eigenvalue weighted by atomic mass is 9.95. The van der Waals surface area contributed by atoms with Crippen LogP contribution in [0.1, 0.15) is 36.0 Å². The van der Waals surface area contributed by atoms with Gasteiger partial charge in [0.2, 0.25) is 5.79 Å². The Kier molecular flexibility index (Phi) is 5.67. The Balaban J connectivity index is 1.43. The van der Waals surface area contributed by atoms with Crippen molar-refractivity contribution in [2.75, 3.05) is 13.2 Å². The third-order valence-corrected chi connectivity index (χ3v) is 6.40. The second-order valence-electron chi connectivity index (χ2n) is 8.34. The van der Waals surface area contributed by atoms with E-state index in [4.69, 9.17) is 9.47 Å². The maximum Gasteiger partial charge on any atom is 0.222 e. The molecule has 0 unspecified atom stereocenters. The fraction of sp³-hybridized carbons (Fsp3) is 0.333. The molecule has 0 radical (unpaired) electrons. The Bertz CT molecular complexity index is 889. The molecule has 5 rings (SSSR count). The molecule has 2 aliphatic rings. The number of likely N-dealkylation sites (tertiary alicyclic amines) is 1. The zero-order valence-electron chi connectivity index (χ0n) is 17.3. The molecule has 2 aliphatic heterocycles. The fourth-order valence-corrected chi connectivity index (χ4v) is 4.91. The van der Waals surface area contributed by atoms with E-state index in [-0.39, 0.29) is 6.10 Å². The van der Waals surface area contributed by atoms with Gasteiger partial charge in [0.1, 0.15) is 6.10 Å². The Hall–Kier alpha value is -2.46. The van der Waals surface area contributed by atoms with Crippen LogP contribution in [0, 0.1) is 0 Å². The van der Waals surface area contributed by atoms with Crippen molar-refractivity contribution in [3.63, 3.8) is 0 Å². The highest BCUT2D eigenvalue weighted by Crippen LogP contribution is 2.42. The minimum Gasteiger partial charge on any atom is -0.339 e. The lowest BCUT2D eigenvalue weighted by molar-refractivity contribution is -0.152. The van der Waals surface area contributed by atoms with Crippen molar-refractivity contribution < 1.29 is 9.47 Å². The zero-order valence-corrected chi connectivity index (χ0v) is 17.3. The first kappa shape index (κ1) is 19.5. The van der Waals surface area contributed by atoms with E-state index in [1.807, 2.05) is 12.1 Å². The van der Waals surface area contributed by atoms with E-state index in [9.17, 15) is 0 Å². The molecule has 0 bridgehead atoms. The van der Waals surface area contributed by atoms with Crippen LogP contribution in [0.2, 0.25) is 0 Å². The van der Waals surface area contributed by atoms with Gasteiger partial charge in [-0.15, -0.1) is 0 Å². The fourth-order valence-electron chi connectivity index (χ4n) is 4.91. The number of hydrogen-bond acceptors (Lipinski definition) is 3. The predicted molar refractivity (Wildman–Crippen MR) is 119 cm³/mol. The van der Waals surface area contributed by atoms with E-state index < -0.39 is 5.79 Å². The third-order valence-electron chi connectivity index (χ3n) is 6.40. The molecule has 2 atom stereocenters.